The number of methoxy groups -OCH3 is 1. The number of carboxylic acids is 1. The van der Waals surface area contributed by atoms with Gasteiger partial charge in [-0.3, -0.25) is 14.3 Å². The second-order valence-electron chi connectivity index (χ2n) is 6.20. The van der Waals surface area contributed by atoms with Crippen LogP contribution in [-0.2, 0) is 11.3 Å². The number of aromatic nitrogens is 2. The summed E-state index contributed by atoms with van der Waals surface area (Å²) in [4.78, 5) is 25.3. The number of rotatable bonds is 5. The first-order valence-electron chi connectivity index (χ1n) is 8.24. The van der Waals surface area contributed by atoms with Crippen LogP contribution in [0.15, 0.2) is 36.7 Å². The third kappa shape index (κ3) is 3.99. The maximum absolute atomic E-state index is 12.6. The van der Waals surface area contributed by atoms with E-state index in [9.17, 15) is 9.59 Å². The van der Waals surface area contributed by atoms with Crippen LogP contribution in [0.5, 0.6) is 5.75 Å². The molecule has 1 aliphatic rings. The summed E-state index contributed by atoms with van der Waals surface area (Å²) in [5.74, 6) is -0.690. The highest BCUT2D eigenvalue weighted by Gasteiger charge is 2.29. The van der Waals surface area contributed by atoms with Gasteiger partial charge in [0.25, 0.3) is 5.91 Å². The number of carboxylic acid groups (broad SMARTS) is 1. The molecule has 132 valence electrons. The van der Waals surface area contributed by atoms with Crippen LogP contribution in [0, 0.1) is 5.92 Å². The number of likely N-dealkylation sites (tertiary alicyclic amines) is 1. The van der Waals surface area contributed by atoms with E-state index in [1.165, 1.54) is 6.20 Å². The number of aliphatic carboxylic acids is 1. The molecule has 7 nitrogen and oxygen atoms in total. The number of carbonyl (C=O) groups is 2. The molecule has 0 radical (unpaired) electrons. The van der Waals surface area contributed by atoms with E-state index in [0.717, 1.165) is 11.3 Å². The first-order chi connectivity index (χ1) is 12.1. The van der Waals surface area contributed by atoms with Crippen molar-refractivity contribution in [2.45, 2.75) is 19.4 Å². The average molecular weight is 343 g/mol. The summed E-state index contributed by atoms with van der Waals surface area (Å²) in [6, 6.07) is 7.66. The molecule has 1 amide bonds. The number of nitrogens with zero attached hydrogens (tertiary/aromatic N) is 3. The van der Waals surface area contributed by atoms with E-state index in [4.69, 9.17) is 9.84 Å². The molecule has 25 heavy (non-hydrogen) atoms. The minimum Gasteiger partial charge on any atom is -0.497 e. The minimum absolute atomic E-state index is 0.160. The van der Waals surface area contributed by atoms with Gasteiger partial charge in [-0.05, 0) is 30.5 Å². The van der Waals surface area contributed by atoms with E-state index in [2.05, 4.69) is 5.10 Å². The molecule has 0 bridgehead atoms. The van der Waals surface area contributed by atoms with Gasteiger partial charge < -0.3 is 14.7 Å². The Morgan fingerprint density at radius 3 is 2.76 bits per heavy atom. The number of hydrogen-bond donors (Lipinski definition) is 1. The van der Waals surface area contributed by atoms with Crippen LogP contribution in [0.1, 0.15) is 28.8 Å². The summed E-state index contributed by atoms with van der Waals surface area (Å²) < 4.78 is 6.84. The second-order valence-corrected chi connectivity index (χ2v) is 6.20. The van der Waals surface area contributed by atoms with E-state index in [0.29, 0.717) is 31.5 Å². The van der Waals surface area contributed by atoms with E-state index in [1.807, 2.05) is 24.3 Å². The molecule has 7 heteroatoms. The molecular formula is C18H21N3O4. The van der Waals surface area contributed by atoms with Crippen molar-refractivity contribution in [3.8, 4) is 5.75 Å². The van der Waals surface area contributed by atoms with Crippen LogP contribution in [0.4, 0.5) is 0 Å². The van der Waals surface area contributed by atoms with Crippen molar-refractivity contribution >= 4 is 11.9 Å². The third-order valence-electron chi connectivity index (χ3n) is 4.44. The first kappa shape index (κ1) is 17.0. The molecular weight excluding hydrogens is 322 g/mol. The average Bonchev–Trinajstić information content (AvgIpc) is 3.10. The predicted molar refractivity (Wildman–Crippen MR) is 90.6 cm³/mol. The Kier molecular flexibility index (Phi) is 5.02. The fraction of sp³-hybridized carbons (Fsp3) is 0.389. The van der Waals surface area contributed by atoms with Crippen molar-refractivity contribution in [3.63, 3.8) is 0 Å². The maximum atomic E-state index is 12.6. The zero-order valence-corrected chi connectivity index (χ0v) is 14.1. The lowest BCUT2D eigenvalue weighted by molar-refractivity contribution is -0.143. The highest BCUT2D eigenvalue weighted by atomic mass is 16.5. The number of amides is 1. The predicted octanol–water partition coefficient (Wildman–Crippen LogP) is 1.88. The highest BCUT2D eigenvalue weighted by molar-refractivity contribution is 5.94. The van der Waals surface area contributed by atoms with Gasteiger partial charge in [-0.25, -0.2) is 0 Å². The molecule has 0 aliphatic carbocycles. The van der Waals surface area contributed by atoms with Gasteiger partial charge in [0.2, 0.25) is 0 Å². The van der Waals surface area contributed by atoms with Crippen LogP contribution >= 0.6 is 0 Å². The molecule has 1 unspecified atom stereocenters. The van der Waals surface area contributed by atoms with Gasteiger partial charge in [0, 0.05) is 19.3 Å². The van der Waals surface area contributed by atoms with Crippen molar-refractivity contribution in [3.05, 3.63) is 47.8 Å². The molecule has 2 aromatic rings. The van der Waals surface area contributed by atoms with Crippen molar-refractivity contribution in [2.75, 3.05) is 20.2 Å². The molecule has 0 saturated carbocycles. The summed E-state index contributed by atoms with van der Waals surface area (Å²) in [7, 11) is 1.62. The lowest BCUT2D eigenvalue weighted by atomic mass is 9.98. The molecule has 1 aromatic carbocycles. The molecule has 1 atom stereocenters. The molecule has 1 saturated heterocycles. The van der Waals surface area contributed by atoms with Crippen molar-refractivity contribution < 1.29 is 19.4 Å². The molecule has 1 N–H and O–H groups in total. The standard InChI is InChI=1S/C18H21N3O4/c1-25-16-6-4-13(5-7-16)10-21-12-15(9-19-21)17(22)20-8-2-3-14(11-20)18(23)24/h4-7,9,12,14H,2-3,8,10-11H2,1H3,(H,23,24). The summed E-state index contributed by atoms with van der Waals surface area (Å²) in [6.45, 7) is 1.40. The third-order valence-corrected chi connectivity index (χ3v) is 4.44. The summed E-state index contributed by atoms with van der Waals surface area (Å²) >= 11 is 0. The number of carbonyl (C=O) groups excluding carboxylic acids is 1. The lowest BCUT2D eigenvalue weighted by Gasteiger charge is -2.30. The Morgan fingerprint density at radius 2 is 2.08 bits per heavy atom. The van der Waals surface area contributed by atoms with Crippen LogP contribution < -0.4 is 4.74 Å². The molecule has 0 spiro atoms. The van der Waals surface area contributed by atoms with Gasteiger partial charge in [0.05, 0.1) is 31.3 Å². The Bertz CT molecular complexity index is 754. The van der Waals surface area contributed by atoms with Crippen LogP contribution in [0.3, 0.4) is 0 Å². The topological polar surface area (TPSA) is 84.7 Å². The largest absolute Gasteiger partial charge is 0.497 e. The minimum atomic E-state index is -0.840. The van der Waals surface area contributed by atoms with Crippen LogP contribution in [0.25, 0.3) is 0 Å². The lowest BCUT2D eigenvalue weighted by Crippen LogP contribution is -2.42. The van der Waals surface area contributed by atoms with Gasteiger partial charge in [0.1, 0.15) is 5.75 Å². The summed E-state index contributed by atoms with van der Waals surface area (Å²) in [5, 5.41) is 13.4. The Labute approximate surface area is 145 Å². The fourth-order valence-corrected chi connectivity index (χ4v) is 3.02. The SMILES string of the molecule is COc1ccc(Cn2cc(C(=O)N3CCCC(C(=O)O)C3)cn2)cc1. The van der Waals surface area contributed by atoms with Crippen molar-refractivity contribution in [1.82, 2.24) is 14.7 Å². The second kappa shape index (κ2) is 7.38. The number of hydrogen-bond acceptors (Lipinski definition) is 4. The zero-order valence-electron chi connectivity index (χ0n) is 14.1. The first-order valence-corrected chi connectivity index (χ1v) is 8.24. The quantitative estimate of drug-likeness (QED) is 0.896. The van der Waals surface area contributed by atoms with E-state index in [1.54, 1.807) is 22.9 Å². The molecule has 1 aromatic heterocycles. The number of piperidine rings is 1. The van der Waals surface area contributed by atoms with Crippen molar-refractivity contribution in [1.29, 1.82) is 0 Å². The Hall–Kier alpha value is -2.83. The van der Waals surface area contributed by atoms with E-state index >= 15 is 0 Å². The van der Waals surface area contributed by atoms with Gasteiger partial charge in [-0.15, -0.1) is 0 Å². The Morgan fingerprint density at radius 1 is 1.32 bits per heavy atom. The van der Waals surface area contributed by atoms with Gasteiger partial charge in [-0.2, -0.15) is 5.10 Å². The molecule has 3 rings (SSSR count). The molecule has 2 heterocycles. The molecule has 1 aliphatic heterocycles. The highest BCUT2D eigenvalue weighted by Crippen LogP contribution is 2.19. The van der Waals surface area contributed by atoms with Gasteiger partial charge >= 0.3 is 5.97 Å². The summed E-state index contributed by atoms with van der Waals surface area (Å²) in [6.07, 6.45) is 4.58. The Balaban J connectivity index is 1.65. The van der Waals surface area contributed by atoms with Gasteiger partial charge in [-0.1, -0.05) is 12.1 Å². The monoisotopic (exact) mass is 343 g/mol. The van der Waals surface area contributed by atoms with E-state index < -0.39 is 11.9 Å². The summed E-state index contributed by atoms with van der Waals surface area (Å²) in [5.41, 5.74) is 1.53. The smallest absolute Gasteiger partial charge is 0.308 e. The van der Waals surface area contributed by atoms with Crippen LogP contribution in [-0.4, -0.2) is 51.9 Å². The number of ether oxygens (including phenoxy) is 1. The van der Waals surface area contributed by atoms with E-state index in [-0.39, 0.29) is 12.5 Å². The maximum Gasteiger partial charge on any atom is 0.308 e. The zero-order chi connectivity index (χ0) is 17.8. The number of benzene rings is 1. The fourth-order valence-electron chi connectivity index (χ4n) is 3.02. The van der Waals surface area contributed by atoms with Gasteiger partial charge in [0.15, 0.2) is 0 Å². The molecule has 1 fully saturated rings. The van der Waals surface area contributed by atoms with Crippen molar-refractivity contribution in [2.24, 2.45) is 5.92 Å². The normalized spacial score (nSPS) is 17.3. The van der Waals surface area contributed by atoms with Crippen LogP contribution in [0.2, 0.25) is 0 Å².